The van der Waals surface area contributed by atoms with Gasteiger partial charge in [0.25, 0.3) is 0 Å². The van der Waals surface area contributed by atoms with Gasteiger partial charge in [0, 0.05) is 12.0 Å². The van der Waals surface area contributed by atoms with E-state index in [9.17, 15) is 9.59 Å². The van der Waals surface area contributed by atoms with Gasteiger partial charge in [0.05, 0.1) is 0 Å². The quantitative estimate of drug-likeness (QED) is 0.797. The molecule has 2 aliphatic carbocycles. The number of nitrogens with zero attached hydrogens (tertiary/aromatic N) is 1. The maximum atomic E-state index is 12.3. The van der Waals surface area contributed by atoms with E-state index in [1.54, 1.807) is 4.90 Å². The number of carboxylic acid groups (broad SMARTS) is 1. The smallest absolute Gasteiger partial charge is 0.323 e. The number of carboxylic acids is 1. The number of amides is 1. The van der Waals surface area contributed by atoms with E-state index >= 15 is 0 Å². The van der Waals surface area contributed by atoms with Gasteiger partial charge in [0.1, 0.15) is 6.54 Å². The molecule has 2 fully saturated rings. The molecule has 4 nitrogen and oxygen atoms in total. The Morgan fingerprint density at radius 1 is 1.24 bits per heavy atom. The van der Waals surface area contributed by atoms with E-state index in [2.05, 4.69) is 0 Å². The van der Waals surface area contributed by atoms with E-state index in [4.69, 9.17) is 5.11 Å². The summed E-state index contributed by atoms with van der Waals surface area (Å²) in [5.41, 5.74) is 0. The Morgan fingerprint density at radius 2 is 1.82 bits per heavy atom. The van der Waals surface area contributed by atoms with E-state index in [0.29, 0.717) is 5.92 Å². The van der Waals surface area contributed by atoms with Crippen molar-refractivity contribution in [3.05, 3.63) is 0 Å². The Hall–Kier alpha value is -1.06. The minimum Gasteiger partial charge on any atom is -0.480 e. The first-order chi connectivity index (χ1) is 8.09. The van der Waals surface area contributed by atoms with Crippen molar-refractivity contribution in [2.24, 2.45) is 11.8 Å². The average Bonchev–Trinajstić information content (AvgIpc) is 3.00. The van der Waals surface area contributed by atoms with Crippen LogP contribution in [-0.4, -0.2) is 34.5 Å². The summed E-state index contributed by atoms with van der Waals surface area (Å²) in [5, 5.41) is 8.94. The molecule has 0 aromatic rings. The molecule has 17 heavy (non-hydrogen) atoms. The van der Waals surface area contributed by atoms with Crippen LogP contribution in [0, 0.1) is 11.8 Å². The molecule has 0 aromatic heterocycles. The topological polar surface area (TPSA) is 57.6 Å². The van der Waals surface area contributed by atoms with Crippen LogP contribution in [-0.2, 0) is 9.59 Å². The lowest BCUT2D eigenvalue weighted by atomic mass is 10.0. The molecule has 0 spiro atoms. The summed E-state index contributed by atoms with van der Waals surface area (Å²) in [4.78, 5) is 24.8. The molecule has 0 bridgehead atoms. The van der Waals surface area contributed by atoms with E-state index < -0.39 is 5.97 Å². The molecule has 0 aliphatic heterocycles. The van der Waals surface area contributed by atoms with Crippen LogP contribution >= 0.6 is 0 Å². The van der Waals surface area contributed by atoms with E-state index in [-0.39, 0.29) is 24.4 Å². The summed E-state index contributed by atoms with van der Waals surface area (Å²) in [6.45, 7) is 1.82. The molecule has 0 aromatic carbocycles. The lowest BCUT2D eigenvalue weighted by molar-refractivity contribution is -0.148. The normalized spacial score (nSPS) is 22.4. The number of aliphatic carboxylic acids is 1. The highest BCUT2D eigenvalue weighted by atomic mass is 16.4. The van der Waals surface area contributed by atoms with Crippen LogP contribution in [0.1, 0.15) is 45.4 Å². The molecule has 4 heteroatoms. The number of rotatable bonds is 5. The van der Waals surface area contributed by atoms with E-state index in [0.717, 1.165) is 38.5 Å². The molecular formula is C13H21NO3. The highest BCUT2D eigenvalue weighted by Crippen LogP contribution is 2.38. The van der Waals surface area contributed by atoms with E-state index in [1.807, 2.05) is 6.92 Å². The minimum atomic E-state index is -0.895. The van der Waals surface area contributed by atoms with Gasteiger partial charge in [-0.15, -0.1) is 0 Å². The van der Waals surface area contributed by atoms with Crippen molar-refractivity contribution in [3.63, 3.8) is 0 Å². The molecule has 2 saturated carbocycles. The predicted octanol–water partition coefficient (Wildman–Crippen LogP) is 1.89. The summed E-state index contributed by atoms with van der Waals surface area (Å²) in [6.07, 6.45) is 6.42. The van der Waals surface area contributed by atoms with Crippen molar-refractivity contribution in [3.8, 4) is 0 Å². The van der Waals surface area contributed by atoms with Gasteiger partial charge >= 0.3 is 5.97 Å². The first kappa shape index (κ1) is 12.4. The maximum absolute atomic E-state index is 12.3. The monoisotopic (exact) mass is 239 g/mol. The molecule has 2 rings (SSSR count). The Kier molecular flexibility index (Phi) is 3.69. The molecule has 1 amide bonds. The molecule has 1 atom stereocenters. The van der Waals surface area contributed by atoms with Crippen LogP contribution in [0.4, 0.5) is 0 Å². The maximum Gasteiger partial charge on any atom is 0.323 e. The largest absolute Gasteiger partial charge is 0.480 e. The second-order valence-corrected chi connectivity index (χ2v) is 5.42. The van der Waals surface area contributed by atoms with Crippen LogP contribution in [0.3, 0.4) is 0 Å². The Labute approximate surface area is 102 Å². The molecule has 1 unspecified atom stereocenters. The van der Waals surface area contributed by atoms with Gasteiger partial charge in [-0.25, -0.2) is 0 Å². The summed E-state index contributed by atoms with van der Waals surface area (Å²) in [7, 11) is 0. The third kappa shape index (κ3) is 2.99. The minimum absolute atomic E-state index is 0.00921. The van der Waals surface area contributed by atoms with Crippen molar-refractivity contribution >= 4 is 11.9 Å². The number of hydrogen-bond donors (Lipinski definition) is 1. The zero-order valence-electron chi connectivity index (χ0n) is 10.4. The molecule has 2 aliphatic rings. The fourth-order valence-corrected chi connectivity index (χ4v) is 2.81. The van der Waals surface area contributed by atoms with Crippen LogP contribution in [0.15, 0.2) is 0 Å². The van der Waals surface area contributed by atoms with Crippen LogP contribution in [0.25, 0.3) is 0 Å². The van der Waals surface area contributed by atoms with Crippen molar-refractivity contribution in [1.82, 2.24) is 4.90 Å². The molecule has 0 radical (unpaired) electrons. The summed E-state index contributed by atoms with van der Waals surface area (Å²) in [6, 6.07) is 0.166. The standard InChI is InChI=1S/C13H21NO3/c1-9(10-6-7-10)13(17)14(8-12(15)16)11-4-2-3-5-11/h9-11H,2-8H2,1H3,(H,15,16). The number of hydrogen-bond acceptors (Lipinski definition) is 2. The van der Waals surface area contributed by atoms with Crippen LogP contribution in [0.5, 0.6) is 0 Å². The average molecular weight is 239 g/mol. The zero-order chi connectivity index (χ0) is 12.4. The number of carbonyl (C=O) groups is 2. The van der Waals surface area contributed by atoms with Gasteiger partial charge in [0.15, 0.2) is 0 Å². The van der Waals surface area contributed by atoms with Gasteiger partial charge in [0.2, 0.25) is 5.91 Å². The number of carbonyl (C=O) groups excluding carboxylic acids is 1. The molecule has 96 valence electrons. The van der Waals surface area contributed by atoms with E-state index in [1.165, 1.54) is 0 Å². The van der Waals surface area contributed by atoms with Gasteiger partial charge in [-0.05, 0) is 31.6 Å². The van der Waals surface area contributed by atoms with Gasteiger partial charge in [-0.3, -0.25) is 9.59 Å². The Balaban J connectivity index is 2.02. The predicted molar refractivity (Wildman–Crippen MR) is 63.5 cm³/mol. The van der Waals surface area contributed by atoms with Crippen molar-refractivity contribution in [1.29, 1.82) is 0 Å². The zero-order valence-corrected chi connectivity index (χ0v) is 10.4. The second kappa shape index (κ2) is 5.07. The first-order valence-corrected chi connectivity index (χ1v) is 6.62. The molecule has 0 saturated heterocycles. The molecule has 1 N–H and O–H groups in total. The van der Waals surface area contributed by atoms with Crippen molar-refractivity contribution in [2.75, 3.05) is 6.54 Å². The summed E-state index contributed by atoms with van der Waals surface area (Å²) in [5.74, 6) is -0.329. The first-order valence-electron chi connectivity index (χ1n) is 6.62. The van der Waals surface area contributed by atoms with Gasteiger partial charge in [-0.2, -0.15) is 0 Å². The van der Waals surface area contributed by atoms with Gasteiger partial charge < -0.3 is 10.0 Å². The highest BCUT2D eigenvalue weighted by Gasteiger charge is 2.38. The molecular weight excluding hydrogens is 218 g/mol. The van der Waals surface area contributed by atoms with Gasteiger partial charge in [-0.1, -0.05) is 19.8 Å². The Morgan fingerprint density at radius 3 is 2.29 bits per heavy atom. The lowest BCUT2D eigenvalue weighted by Crippen LogP contribution is -2.45. The lowest BCUT2D eigenvalue weighted by Gasteiger charge is -2.30. The fourth-order valence-electron chi connectivity index (χ4n) is 2.81. The van der Waals surface area contributed by atoms with Crippen molar-refractivity contribution in [2.45, 2.75) is 51.5 Å². The summed E-state index contributed by atoms with van der Waals surface area (Å²) < 4.78 is 0. The fraction of sp³-hybridized carbons (Fsp3) is 0.846. The SMILES string of the molecule is CC(C(=O)N(CC(=O)O)C1CCCC1)C1CC1. The third-order valence-electron chi connectivity index (χ3n) is 4.07. The second-order valence-electron chi connectivity index (χ2n) is 5.42. The van der Waals surface area contributed by atoms with Crippen LogP contribution in [0.2, 0.25) is 0 Å². The summed E-state index contributed by atoms with van der Waals surface area (Å²) >= 11 is 0. The highest BCUT2D eigenvalue weighted by molar-refractivity contribution is 5.83. The third-order valence-corrected chi connectivity index (χ3v) is 4.07. The van der Waals surface area contributed by atoms with Crippen molar-refractivity contribution < 1.29 is 14.7 Å². The van der Waals surface area contributed by atoms with Crippen LogP contribution < -0.4 is 0 Å². The molecule has 0 heterocycles. The Bertz CT molecular complexity index is 306.